The van der Waals surface area contributed by atoms with E-state index in [1.165, 1.54) is 38.5 Å². The van der Waals surface area contributed by atoms with Gasteiger partial charge in [-0.05, 0) is 29.7 Å². The highest BCUT2D eigenvalue weighted by Crippen LogP contribution is 2.26. The van der Waals surface area contributed by atoms with Crippen molar-refractivity contribution in [3.05, 3.63) is 5.82 Å². The van der Waals surface area contributed by atoms with Gasteiger partial charge in [0, 0.05) is 20.2 Å². The first kappa shape index (κ1) is 15.4. The van der Waals surface area contributed by atoms with Crippen LogP contribution >= 0.6 is 0 Å². The molecule has 20 heavy (non-hydrogen) atoms. The fourth-order valence-electron chi connectivity index (χ4n) is 2.93. The molecular formula is C14H27N5O. The first-order chi connectivity index (χ1) is 9.81. The fourth-order valence-corrected chi connectivity index (χ4v) is 2.93. The maximum Gasteiger partial charge on any atom is 0.167 e. The van der Waals surface area contributed by atoms with Crippen LogP contribution in [0.15, 0.2) is 0 Å². The van der Waals surface area contributed by atoms with Gasteiger partial charge in [0.25, 0.3) is 0 Å². The van der Waals surface area contributed by atoms with E-state index < -0.39 is 0 Å². The zero-order valence-electron chi connectivity index (χ0n) is 12.7. The predicted molar refractivity (Wildman–Crippen MR) is 77.3 cm³/mol. The third-order valence-electron chi connectivity index (χ3n) is 4.18. The zero-order valence-corrected chi connectivity index (χ0v) is 12.7. The van der Waals surface area contributed by atoms with E-state index in [9.17, 15) is 0 Å². The topological polar surface area (TPSA) is 64.9 Å². The Morgan fingerprint density at radius 1 is 1.35 bits per heavy atom. The van der Waals surface area contributed by atoms with Gasteiger partial charge in [-0.25, -0.2) is 4.68 Å². The number of ether oxygens (including phenoxy) is 1. The van der Waals surface area contributed by atoms with Crippen molar-refractivity contribution in [3.8, 4) is 0 Å². The predicted octanol–water partition coefficient (Wildman–Crippen LogP) is 1.94. The van der Waals surface area contributed by atoms with Crippen molar-refractivity contribution in [3.63, 3.8) is 0 Å². The smallest absolute Gasteiger partial charge is 0.167 e. The van der Waals surface area contributed by atoms with E-state index in [0.717, 1.165) is 24.8 Å². The second-order valence-electron chi connectivity index (χ2n) is 5.72. The third kappa shape index (κ3) is 4.52. The summed E-state index contributed by atoms with van der Waals surface area (Å²) in [6.45, 7) is 4.54. The second-order valence-corrected chi connectivity index (χ2v) is 5.72. The lowest BCUT2D eigenvalue weighted by Crippen LogP contribution is -2.26. The Balaban J connectivity index is 1.81. The van der Waals surface area contributed by atoms with Gasteiger partial charge in [-0.1, -0.05) is 32.1 Å². The molecule has 6 heteroatoms. The molecule has 6 nitrogen and oxygen atoms in total. The monoisotopic (exact) mass is 281 g/mol. The van der Waals surface area contributed by atoms with Crippen LogP contribution in [0.4, 0.5) is 0 Å². The Labute approximate surface area is 121 Å². The first-order valence-corrected chi connectivity index (χ1v) is 7.79. The average Bonchev–Trinajstić information content (AvgIpc) is 2.95. The molecule has 0 spiro atoms. The lowest BCUT2D eigenvalue weighted by atomic mass is 9.87. The van der Waals surface area contributed by atoms with E-state index in [1.807, 2.05) is 4.68 Å². The van der Waals surface area contributed by atoms with Crippen LogP contribution in [-0.4, -0.2) is 40.5 Å². The molecule has 0 aromatic carbocycles. The van der Waals surface area contributed by atoms with Crippen LogP contribution < -0.4 is 5.32 Å². The maximum absolute atomic E-state index is 5.05. The number of methoxy groups -OCH3 is 1. The largest absolute Gasteiger partial charge is 0.383 e. The average molecular weight is 281 g/mol. The minimum Gasteiger partial charge on any atom is -0.383 e. The molecule has 1 N–H and O–H groups in total. The number of hydrogen-bond donors (Lipinski definition) is 1. The molecule has 1 heterocycles. The van der Waals surface area contributed by atoms with Crippen molar-refractivity contribution < 1.29 is 4.74 Å². The van der Waals surface area contributed by atoms with Gasteiger partial charge in [-0.2, -0.15) is 0 Å². The van der Waals surface area contributed by atoms with E-state index in [0.29, 0.717) is 6.61 Å². The van der Waals surface area contributed by atoms with E-state index in [-0.39, 0.29) is 6.04 Å². The highest BCUT2D eigenvalue weighted by Gasteiger charge is 2.17. The van der Waals surface area contributed by atoms with Crippen molar-refractivity contribution in [2.75, 3.05) is 20.3 Å². The lowest BCUT2D eigenvalue weighted by molar-refractivity contribution is 0.195. The van der Waals surface area contributed by atoms with Crippen LogP contribution in [0.5, 0.6) is 0 Å². The van der Waals surface area contributed by atoms with E-state index >= 15 is 0 Å². The Kier molecular flexibility index (Phi) is 6.39. The molecule has 1 fully saturated rings. The number of aryl methyl sites for hydroxylation is 1. The summed E-state index contributed by atoms with van der Waals surface area (Å²) in [5.74, 6) is 1.79. The zero-order chi connectivity index (χ0) is 14.2. The SMILES string of the molecule is COCCNC(C)c1nnnn1CCC1CCCCC1. The molecule has 1 aromatic heterocycles. The highest BCUT2D eigenvalue weighted by molar-refractivity contribution is 4.89. The summed E-state index contributed by atoms with van der Waals surface area (Å²) >= 11 is 0. The standard InChI is InChI=1S/C14H27N5O/c1-12(15-9-11-20-2)14-16-17-18-19(14)10-8-13-6-4-3-5-7-13/h12-13,15H,3-11H2,1-2H3. The molecule has 1 aliphatic rings. The normalized spacial score (nSPS) is 18.3. The molecule has 1 saturated carbocycles. The Hall–Kier alpha value is -1.01. The number of nitrogens with zero attached hydrogens (tertiary/aromatic N) is 4. The summed E-state index contributed by atoms with van der Waals surface area (Å²) in [5, 5.41) is 15.5. The molecule has 1 aliphatic carbocycles. The van der Waals surface area contributed by atoms with E-state index in [1.54, 1.807) is 7.11 Å². The first-order valence-electron chi connectivity index (χ1n) is 7.79. The Morgan fingerprint density at radius 2 is 2.15 bits per heavy atom. The van der Waals surface area contributed by atoms with Crippen LogP contribution in [0.3, 0.4) is 0 Å². The lowest BCUT2D eigenvalue weighted by Gasteiger charge is -2.21. The van der Waals surface area contributed by atoms with Crippen LogP contribution in [0.25, 0.3) is 0 Å². The van der Waals surface area contributed by atoms with Gasteiger partial charge in [0.1, 0.15) is 0 Å². The van der Waals surface area contributed by atoms with Gasteiger partial charge >= 0.3 is 0 Å². The molecule has 114 valence electrons. The molecule has 1 unspecified atom stereocenters. The molecule has 0 bridgehead atoms. The molecule has 0 amide bonds. The van der Waals surface area contributed by atoms with Crippen molar-refractivity contribution in [1.29, 1.82) is 0 Å². The van der Waals surface area contributed by atoms with Gasteiger partial charge < -0.3 is 10.1 Å². The van der Waals surface area contributed by atoms with Gasteiger partial charge in [0.15, 0.2) is 5.82 Å². The van der Waals surface area contributed by atoms with Crippen LogP contribution in [0, 0.1) is 5.92 Å². The quantitative estimate of drug-likeness (QED) is 0.738. The van der Waals surface area contributed by atoms with Gasteiger partial charge in [-0.3, -0.25) is 0 Å². The molecule has 0 saturated heterocycles. The number of tetrazole rings is 1. The molecule has 2 rings (SSSR count). The summed E-state index contributed by atoms with van der Waals surface area (Å²) in [4.78, 5) is 0. The van der Waals surface area contributed by atoms with Gasteiger partial charge in [0.2, 0.25) is 0 Å². The second kappa shape index (κ2) is 8.32. The van der Waals surface area contributed by atoms with Gasteiger partial charge in [-0.15, -0.1) is 5.10 Å². The fraction of sp³-hybridized carbons (Fsp3) is 0.929. The number of rotatable bonds is 8. The highest BCUT2D eigenvalue weighted by atomic mass is 16.5. The van der Waals surface area contributed by atoms with E-state index in [2.05, 4.69) is 27.8 Å². The van der Waals surface area contributed by atoms with Crippen molar-refractivity contribution >= 4 is 0 Å². The molecule has 1 aromatic rings. The van der Waals surface area contributed by atoms with Crippen molar-refractivity contribution in [2.24, 2.45) is 5.92 Å². The summed E-state index contributed by atoms with van der Waals surface area (Å²) in [7, 11) is 1.71. The summed E-state index contributed by atoms with van der Waals surface area (Å²) in [6, 6.07) is 0.159. The molecule has 1 atom stereocenters. The van der Waals surface area contributed by atoms with Crippen molar-refractivity contribution in [2.45, 2.75) is 58.0 Å². The summed E-state index contributed by atoms with van der Waals surface area (Å²) in [5.41, 5.74) is 0. The molecule has 0 radical (unpaired) electrons. The number of nitrogens with one attached hydrogen (secondary N) is 1. The molecular weight excluding hydrogens is 254 g/mol. The van der Waals surface area contributed by atoms with Crippen LogP contribution in [0.2, 0.25) is 0 Å². The Morgan fingerprint density at radius 3 is 2.90 bits per heavy atom. The molecule has 0 aliphatic heterocycles. The number of aromatic nitrogens is 4. The van der Waals surface area contributed by atoms with Crippen LogP contribution in [0.1, 0.15) is 57.3 Å². The van der Waals surface area contributed by atoms with E-state index in [4.69, 9.17) is 4.74 Å². The summed E-state index contributed by atoms with van der Waals surface area (Å²) in [6.07, 6.45) is 8.14. The summed E-state index contributed by atoms with van der Waals surface area (Å²) < 4.78 is 7.00. The maximum atomic E-state index is 5.05. The van der Waals surface area contributed by atoms with Crippen molar-refractivity contribution in [1.82, 2.24) is 25.5 Å². The van der Waals surface area contributed by atoms with Gasteiger partial charge in [0.05, 0.1) is 12.6 Å². The minimum atomic E-state index is 0.159. The number of hydrogen-bond acceptors (Lipinski definition) is 5. The third-order valence-corrected chi connectivity index (χ3v) is 4.18. The van der Waals surface area contributed by atoms with Crippen LogP contribution in [-0.2, 0) is 11.3 Å². The minimum absolute atomic E-state index is 0.159. The Bertz CT molecular complexity index is 375.